The predicted octanol–water partition coefficient (Wildman–Crippen LogP) is 1.68. The second-order valence-electron chi connectivity index (χ2n) is 6.22. The standard InChI is InChI=1S/C17H23NO5S/c1-12-6-7-13(2)14(10-12)24(21,22)17(8-4-5-9-17)16(20)23-11-15(19)18-3/h6-7,10H,4-5,8-9,11H2,1-3H3,(H,18,19). The molecular formula is C17H23NO5S. The maximum atomic E-state index is 13.3. The molecule has 0 spiro atoms. The van der Waals surface area contributed by atoms with Gasteiger partial charge >= 0.3 is 5.97 Å². The maximum Gasteiger partial charge on any atom is 0.328 e. The molecule has 1 amide bonds. The van der Waals surface area contributed by atoms with E-state index < -0.39 is 33.1 Å². The summed E-state index contributed by atoms with van der Waals surface area (Å²) in [5.74, 6) is -1.30. The molecule has 1 N–H and O–H groups in total. The number of carbonyl (C=O) groups is 2. The predicted molar refractivity (Wildman–Crippen MR) is 89.3 cm³/mol. The summed E-state index contributed by atoms with van der Waals surface area (Å²) in [6, 6.07) is 5.16. The molecule has 1 aromatic carbocycles. The molecule has 132 valence electrons. The van der Waals surface area contributed by atoms with Gasteiger partial charge < -0.3 is 10.1 Å². The number of nitrogens with one attached hydrogen (secondary N) is 1. The van der Waals surface area contributed by atoms with Crippen molar-refractivity contribution in [3.8, 4) is 0 Å². The van der Waals surface area contributed by atoms with E-state index in [0.717, 1.165) is 5.56 Å². The molecule has 0 aliphatic heterocycles. The lowest BCUT2D eigenvalue weighted by molar-refractivity contribution is -0.151. The van der Waals surface area contributed by atoms with E-state index in [4.69, 9.17) is 4.74 Å². The quantitative estimate of drug-likeness (QED) is 0.814. The molecule has 7 heteroatoms. The normalized spacial score (nSPS) is 16.6. The highest BCUT2D eigenvalue weighted by atomic mass is 32.2. The molecule has 24 heavy (non-hydrogen) atoms. The molecule has 1 saturated carbocycles. The molecule has 0 radical (unpaired) electrons. The number of esters is 1. The molecule has 0 heterocycles. The number of hydrogen-bond donors (Lipinski definition) is 1. The number of amides is 1. The first-order valence-corrected chi connectivity index (χ1v) is 9.42. The van der Waals surface area contributed by atoms with Crippen LogP contribution in [-0.4, -0.2) is 38.7 Å². The van der Waals surface area contributed by atoms with Crippen molar-refractivity contribution in [3.05, 3.63) is 29.3 Å². The largest absolute Gasteiger partial charge is 0.454 e. The Morgan fingerprint density at radius 3 is 2.42 bits per heavy atom. The van der Waals surface area contributed by atoms with E-state index in [1.807, 2.05) is 13.0 Å². The first-order chi connectivity index (χ1) is 11.2. The highest BCUT2D eigenvalue weighted by molar-refractivity contribution is 7.93. The Hall–Kier alpha value is -1.89. The third-order valence-corrected chi connectivity index (χ3v) is 7.17. The SMILES string of the molecule is CNC(=O)COC(=O)C1(S(=O)(=O)c2cc(C)ccc2C)CCCC1. The lowest BCUT2D eigenvalue weighted by Gasteiger charge is -2.27. The number of hydrogen-bond acceptors (Lipinski definition) is 5. The number of likely N-dealkylation sites (N-methyl/N-ethyl adjacent to an activating group) is 1. The lowest BCUT2D eigenvalue weighted by atomic mass is 10.1. The Morgan fingerprint density at radius 2 is 1.83 bits per heavy atom. The van der Waals surface area contributed by atoms with Crippen LogP contribution in [0.4, 0.5) is 0 Å². The number of carbonyl (C=O) groups excluding carboxylic acids is 2. The monoisotopic (exact) mass is 353 g/mol. The first kappa shape index (κ1) is 18.4. The number of sulfone groups is 1. The number of aryl methyl sites for hydroxylation is 2. The van der Waals surface area contributed by atoms with Crippen molar-refractivity contribution in [2.75, 3.05) is 13.7 Å². The van der Waals surface area contributed by atoms with E-state index in [9.17, 15) is 18.0 Å². The van der Waals surface area contributed by atoms with Crippen LogP contribution < -0.4 is 5.32 Å². The van der Waals surface area contributed by atoms with Crippen LogP contribution in [-0.2, 0) is 24.2 Å². The van der Waals surface area contributed by atoms with Gasteiger partial charge in [0.15, 0.2) is 21.2 Å². The molecule has 0 saturated heterocycles. The fourth-order valence-electron chi connectivity index (χ4n) is 3.07. The van der Waals surface area contributed by atoms with Crippen molar-refractivity contribution in [1.82, 2.24) is 5.32 Å². The topological polar surface area (TPSA) is 89.5 Å². The Labute approximate surface area is 142 Å². The van der Waals surface area contributed by atoms with Crippen molar-refractivity contribution in [1.29, 1.82) is 0 Å². The minimum atomic E-state index is -3.91. The summed E-state index contributed by atoms with van der Waals surface area (Å²) >= 11 is 0. The van der Waals surface area contributed by atoms with Crippen molar-refractivity contribution < 1.29 is 22.7 Å². The molecule has 0 unspecified atom stereocenters. The van der Waals surface area contributed by atoms with Gasteiger partial charge in [-0.05, 0) is 43.9 Å². The molecule has 2 rings (SSSR count). The van der Waals surface area contributed by atoms with E-state index in [1.165, 1.54) is 7.05 Å². The van der Waals surface area contributed by atoms with Crippen molar-refractivity contribution >= 4 is 21.7 Å². The minimum absolute atomic E-state index is 0.168. The maximum absolute atomic E-state index is 13.3. The summed E-state index contributed by atoms with van der Waals surface area (Å²) < 4.78 is 30.0. The van der Waals surface area contributed by atoms with Crippen molar-refractivity contribution in [2.24, 2.45) is 0 Å². The number of rotatable bonds is 5. The highest BCUT2D eigenvalue weighted by Gasteiger charge is 2.54. The average molecular weight is 353 g/mol. The van der Waals surface area contributed by atoms with E-state index in [2.05, 4.69) is 5.32 Å². The third kappa shape index (κ3) is 3.17. The van der Waals surface area contributed by atoms with Gasteiger partial charge in [0.2, 0.25) is 0 Å². The Kier molecular flexibility index (Phi) is 5.32. The van der Waals surface area contributed by atoms with E-state index in [0.29, 0.717) is 18.4 Å². The van der Waals surface area contributed by atoms with E-state index in [-0.39, 0.29) is 17.7 Å². The van der Waals surface area contributed by atoms with Crippen LogP contribution >= 0.6 is 0 Å². The highest BCUT2D eigenvalue weighted by Crippen LogP contribution is 2.42. The van der Waals surface area contributed by atoms with Crippen LogP contribution in [0.1, 0.15) is 36.8 Å². The van der Waals surface area contributed by atoms with Crippen LogP contribution in [0.15, 0.2) is 23.1 Å². The molecule has 1 aromatic rings. The molecule has 0 aromatic heterocycles. The van der Waals surface area contributed by atoms with Crippen LogP contribution in [0, 0.1) is 13.8 Å². The Balaban J connectivity index is 2.43. The smallest absolute Gasteiger partial charge is 0.328 e. The lowest BCUT2D eigenvalue weighted by Crippen LogP contribution is -2.46. The van der Waals surface area contributed by atoms with E-state index in [1.54, 1.807) is 19.1 Å². The summed E-state index contributed by atoms with van der Waals surface area (Å²) in [5, 5.41) is 2.34. The summed E-state index contributed by atoms with van der Waals surface area (Å²) in [5.41, 5.74) is 1.41. The fourth-order valence-corrected chi connectivity index (χ4v) is 5.43. The fraction of sp³-hybridized carbons (Fsp3) is 0.529. The average Bonchev–Trinajstić information content (AvgIpc) is 3.05. The van der Waals surface area contributed by atoms with Gasteiger partial charge in [0.25, 0.3) is 5.91 Å². The van der Waals surface area contributed by atoms with Gasteiger partial charge in [-0.3, -0.25) is 9.59 Å². The molecule has 0 atom stereocenters. The molecule has 6 nitrogen and oxygen atoms in total. The van der Waals surface area contributed by atoms with Crippen LogP contribution in [0.2, 0.25) is 0 Å². The summed E-state index contributed by atoms with van der Waals surface area (Å²) in [6.07, 6.45) is 1.71. The third-order valence-electron chi connectivity index (χ3n) is 4.54. The zero-order valence-corrected chi connectivity index (χ0v) is 15.0. The molecule has 1 aliphatic carbocycles. The Bertz CT molecular complexity index is 748. The van der Waals surface area contributed by atoms with Gasteiger partial charge in [-0.25, -0.2) is 8.42 Å². The van der Waals surface area contributed by atoms with Gasteiger partial charge in [-0.15, -0.1) is 0 Å². The second-order valence-corrected chi connectivity index (χ2v) is 8.45. The van der Waals surface area contributed by atoms with E-state index >= 15 is 0 Å². The molecular weight excluding hydrogens is 330 g/mol. The van der Waals surface area contributed by atoms with Gasteiger partial charge in [-0.2, -0.15) is 0 Å². The summed E-state index contributed by atoms with van der Waals surface area (Å²) in [4.78, 5) is 24.1. The zero-order valence-electron chi connectivity index (χ0n) is 14.2. The van der Waals surface area contributed by atoms with Gasteiger partial charge in [0.1, 0.15) is 0 Å². The van der Waals surface area contributed by atoms with Gasteiger partial charge in [-0.1, -0.05) is 25.0 Å². The van der Waals surface area contributed by atoms with Gasteiger partial charge in [0, 0.05) is 7.05 Å². The second kappa shape index (κ2) is 6.93. The van der Waals surface area contributed by atoms with Crippen molar-refractivity contribution in [3.63, 3.8) is 0 Å². The van der Waals surface area contributed by atoms with Crippen LogP contribution in [0.5, 0.6) is 0 Å². The minimum Gasteiger partial charge on any atom is -0.454 e. The zero-order chi connectivity index (χ0) is 18.0. The molecule has 0 bridgehead atoms. The number of benzene rings is 1. The first-order valence-electron chi connectivity index (χ1n) is 7.94. The summed E-state index contributed by atoms with van der Waals surface area (Å²) in [6.45, 7) is 3.05. The Morgan fingerprint density at radius 1 is 1.21 bits per heavy atom. The van der Waals surface area contributed by atoms with Crippen LogP contribution in [0.25, 0.3) is 0 Å². The molecule has 1 aliphatic rings. The van der Waals surface area contributed by atoms with Gasteiger partial charge in [0.05, 0.1) is 4.90 Å². The molecule has 1 fully saturated rings. The van der Waals surface area contributed by atoms with Crippen LogP contribution in [0.3, 0.4) is 0 Å². The van der Waals surface area contributed by atoms with Crippen molar-refractivity contribution in [2.45, 2.75) is 49.2 Å². The summed E-state index contributed by atoms with van der Waals surface area (Å²) in [7, 11) is -2.49. The number of ether oxygens (including phenoxy) is 1.